The zero-order valence-corrected chi connectivity index (χ0v) is 33.8. The molecule has 2 saturated heterocycles. The van der Waals surface area contributed by atoms with Crippen LogP contribution >= 0.6 is 0 Å². The van der Waals surface area contributed by atoms with Crippen molar-refractivity contribution in [2.45, 2.75) is 141 Å². The van der Waals surface area contributed by atoms with Gasteiger partial charge in [-0.25, -0.2) is 15.0 Å². The molecule has 0 bridgehead atoms. The van der Waals surface area contributed by atoms with Gasteiger partial charge in [-0.1, -0.05) is 62.3 Å². The second-order valence-corrected chi connectivity index (χ2v) is 31.8. The van der Waals surface area contributed by atoms with Gasteiger partial charge in [-0.2, -0.15) is 0 Å². The second kappa shape index (κ2) is 12.7. The Kier molecular flexibility index (Phi) is 10.3. The summed E-state index contributed by atoms with van der Waals surface area (Å²) in [6.07, 6.45) is 1.99. The zero-order valence-electron chi connectivity index (χ0n) is 30.8. The molecule has 0 amide bonds. The number of ether oxygens (including phenoxy) is 2. The van der Waals surface area contributed by atoms with Crippen molar-refractivity contribution in [2.75, 3.05) is 37.8 Å². The van der Waals surface area contributed by atoms with Gasteiger partial charge in [0.1, 0.15) is 24.6 Å². The lowest BCUT2D eigenvalue weighted by Crippen LogP contribution is -2.54. The zero-order chi connectivity index (χ0) is 33.8. The largest absolute Gasteiger partial charge is 0.414 e. The molecule has 0 saturated carbocycles. The second-order valence-electron chi connectivity index (χ2n) is 17.4. The monoisotopic (exact) mass is 679 g/mol. The van der Waals surface area contributed by atoms with Gasteiger partial charge in [-0.05, 0) is 54.4 Å². The predicted octanol–water partition coefficient (Wildman–Crippen LogP) is 7.36. The third kappa shape index (κ3) is 7.60. The maximum absolute atomic E-state index is 7.34. The van der Waals surface area contributed by atoms with Gasteiger partial charge in [0.15, 0.2) is 48.2 Å². The van der Waals surface area contributed by atoms with Gasteiger partial charge in [0.05, 0.1) is 26.1 Å². The van der Waals surface area contributed by atoms with Gasteiger partial charge in [-0.15, -0.1) is 0 Å². The molecular formula is C32H61N5O5Si3. The lowest BCUT2D eigenvalue weighted by Gasteiger charge is -2.44. The molecule has 2 aliphatic heterocycles. The highest BCUT2D eigenvalue weighted by Crippen LogP contribution is 2.47. The van der Waals surface area contributed by atoms with Crippen molar-refractivity contribution >= 4 is 41.9 Å². The molecule has 2 aromatic heterocycles. The topological polar surface area (TPSA) is 93.0 Å². The third-order valence-electron chi connectivity index (χ3n) is 11.1. The third-order valence-corrected chi connectivity index (χ3v) is 24.5. The Morgan fingerprint density at radius 2 is 1.29 bits per heavy atom. The molecule has 0 radical (unpaired) electrons. The van der Waals surface area contributed by atoms with Gasteiger partial charge < -0.3 is 27.7 Å². The van der Waals surface area contributed by atoms with Crippen LogP contribution < -0.4 is 4.90 Å². The summed E-state index contributed by atoms with van der Waals surface area (Å²) < 4.78 is 36.2. The number of nitrogens with zero attached hydrogens (tertiary/aromatic N) is 5. The van der Waals surface area contributed by atoms with Gasteiger partial charge in [-0.3, -0.25) is 4.57 Å². The highest BCUT2D eigenvalue weighted by molar-refractivity contribution is 6.75. The minimum Gasteiger partial charge on any atom is -0.414 e. The number of fused-ring (bicyclic) bond motifs is 1. The van der Waals surface area contributed by atoms with Crippen molar-refractivity contribution in [1.82, 2.24) is 19.5 Å². The maximum atomic E-state index is 7.34. The number of hydrogen-bond donors (Lipinski definition) is 0. The van der Waals surface area contributed by atoms with Crippen molar-refractivity contribution in [3.63, 3.8) is 0 Å². The first-order valence-corrected chi connectivity index (χ1v) is 25.3. The minimum atomic E-state index is -2.28. The molecule has 0 spiro atoms. The van der Waals surface area contributed by atoms with E-state index in [1.165, 1.54) is 0 Å². The van der Waals surface area contributed by atoms with E-state index in [1.807, 2.05) is 10.9 Å². The first-order chi connectivity index (χ1) is 20.5. The van der Waals surface area contributed by atoms with Crippen molar-refractivity contribution in [1.29, 1.82) is 0 Å². The van der Waals surface area contributed by atoms with E-state index in [4.69, 9.17) is 32.7 Å². The number of anilines is 1. The summed E-state index contributed by atoms with van der Waals surface area (Å²) in [6.45, 7) is 37.6. The van der Waals surface area contributed by atoms with Crippen LogP contribution in [0.1, 0.15) is 68.5 Å². The lowest BCUT2D eigenvalue weighted by atomic mass is 10.1. The van der Waals surface area contributed by atoms with Crippen molar-refractivity contribution < 1.29 is 22.8 Å². The van der Waals surface area contributed by atoms with Crippen LogP contribution in [0.25, 0.3) is 11.2 Å². The van der Waals surface area contributed by atoms with Crippen LogP contribution in [-0.4, -0.2) is 95.7 Å². The minimum absolute atomic E-state index is 0.00250. The molecular weight excluding hydrogens is 619 g/mol. The Balaban J connectivity index is 1.82. The van der Waals surface area contributed by atoms with Crippen molar-refractivity contribution in [2.24, 2.45) is 0 Å². The normalized spacial score (nSPS) is 24.6. The molecule has 4 heterocycles. The Bertz CT molecular complexity index is 1310. The van der Waals surface area contributed by atoms with E-state index < -0.39 is 31.2 Å². The molecule has 0 aliphatic carbocycles. The molecule has 4 rings (SSSR count). The van der Waals surface area contributed by atoms with Crippen molar-refractivity contribution in [3.05, 3.63) is 12.7 Å². The molecule has 2 aromatic rings. The fourth-order valence-electron chi connectivity index (χ4n) is 4.91. The molecule has 2 fully saturated rings. The van der Waals surface area contributed by atoms with E-state index >= 15 is 0 Å². The summed E-state index contributed by atoms with van der Waals surface area (Å²) in [6, 6.07) is 0. The average molecular weight is 680 g/mol. The lowest BCUT2D eigenvalue weighted by molar-refractivity contribution is -0.0470. The number of morpholine rings is 1. The quantitative estimate of drug-likeness (QED) is 0.252. The van der Waals surface area contributed by atoms with Crippen LogP contribution in [0, 0.1) is 0 Å². The first-order valence-electron chi connectivity index (χ1n) is 16.6. The van der Waals surface area contributed by atoms with Crippen molar-refractivity contribution in [3.8, 4) is 0 Å². The average Bonchev–Trinajstić information content (AvgIpc) is 3.47. The van der Waals surface area contributed by atoms with E-state index in [9.17, 15) is 0 Å². The fourth-order valence-corrected chi connectivity index (χ4v) is 8.53. The van der Waals surface area contributed by atoms with Crippen LogP contribution in [0.15, 0.2) is 12.7 Å². The molecule has 0 aromatic carbocycles. The fraction of sp³-hybridized carbons (Fsp3) is 0.844. The predicted molar refractivity (Wildman–Crippen MR) is 190 cm³/mol. The van der Waals surface area contributed by atoms with Crippen LogP contribution in [0.4, 0.5) is 5.82 Å². The Morgan fingerprint density at radius 1 is 0.756 bits per heavy atom. The number of aromatic nitrogens is 4. The number of hydrogen-bond acceptors (Lipinski definition) is 9. The number of rotatable bonds is 9. The summed E-state index contributed by atoms with van der Waals surface area (Å²) in [5.74, 6) is 0.828. The van der Waals surface area contributed by atoms with Gasteiger partial charge in [0.2, 0.25) is 0 Å². The van der Waals surface area contributed by atoms with E-state index in [-0.39, 0.29) is 33.4 Å². The molecule has 0 unspecified atom stereocenters. The highest BCUT2D eigenvalue weighted by atomic mass is 28.4. The van der Waals surface area contributed by atoms with Crippen LogP contribution in [0.2, 0.25) is 54.4 Å². The van der Waals surface area contributed by atoms with Crippen LogP contribution in [0.3, 0.4) is 0 Å². The van der Waals surface area contributed by atoms with E-state index in [1.54, 1.807) is 6.33 Å². The van der Waals surface area contributed by atoms with Gasteiger partial charge >= 0.3 is 0 Å². The molecule has 256 valence electrons. The van der Waals surface area contributed by atoms with Crippen LogP contribution in [-0.2, 0) is 22.8 Å². The standard InChI is InChI=1S/C32H61N5O5Si3/c1-30(2,3)43(10,11)39-20-23-25(41-44(12,13)31(4,5)6)26(42-45(14,15)32(7,8)9)29(40-23)37-22-35-24-27(33-21-34-28(24)37)36-16-18-38-19-17-36/h21-23,25-26,29H,16-20H2,1-15H3/t23-,25-,26-,29-/m1/s1. The molecule has 45 heavy (non-hydrogen) atoms. The summed E-state index contributed by atoms with van der Waals surface area (Å²) in [7, 11) is -6.59. The first kappa shape index (κ1) is 36.6. The summed E-state index contributed by atoms with van der Waals surface area (Å²) in [4.78, 5) is 16.5. The molecule has 4 atom stereocenters. The summed E-state index contributed by atoms with van der Waals surface area (Å²) in [5, 5.41) is 0.0854. The molecule has 13 heteroatoms. The molecule has 0 N–H and O–H groups in total. The summed E-state index contributed by atoms with van der Waals surface area (Å²) in [5.41, 5.74) is 1.49. The van der Waals surface area contributed by atoms with E-state index in [2.05, 4.69) is 111 Å². The maximum Gasteiger partial charge on any atom is 0.192 e. The van der Waals surface area contributed by atoms with Gasteiger partial charge in [0.25, 0.3) is 0 Å². The molecule has 2 aliphatic rings. The summed E-state index contributed by atoms with van der Waals surface area (Å²) >= 11 is 0. The highest BCUT2D eigenvalue weighted by Gasteiger charge is 2.55. The van der Waals surface area contributed by atoms with Gasteiger partial charge in [0, 0.05) is 13.1 Å². The SMILES string of the molecule is CC(C)(C)[Si](C)(C)OC[C@H]1O[C@@H](n2cnc3c(N4CCOCC4)ncnc32)[C@H](O[Si](C)(C)C(C)(C)C)[C@@H]1O[Si](C)(C)C(C)(C)C. The number of imidazole rings is 1. The van der Waals surface area contributed by atoms with E-state index in [0.717, 1.165) is 30.1 Å². The van der Waals surface area contributed by atoms with E-state index in [0.29, 0.717) is 19.8 Å². The Labute approximate surface area is 275 Å². The Hall–Kier alpha value is -1.20. The smallest absolute Gasteiger partial charge is 0.192 e. The Morgan fingerprint density at radius 3 is 1.82 bits per heavy atom. The van der Waals surface area contributed by atoms with Crippen LogP contribution in [0.5, 0.6) is 0 Å². The molecule has 10 nitrogen and oxygen atoms in total.